The van der Waals surface area contributed by atoms with Crippen molar-refractivity contribution in [3.05, 3.63) is 60.6 Å². The second kappa shape index (κ2) is 4.00. The van der Waals surface area contributed by atoms with Gasteiger partial charge in [0.2, 0.25) is 5.91 Å². The highest BCUT2D eigenvalue weighted by atomic mass is 16.1. The number of primary amides is 1. The van der Waals surface area contributed by atoms with Crippen molar-refractivity contribution in [2.75, 3.05) is 0 Å². The molecule has 1 aromatic carbocycles. The van der Waals surface area contributed by atoms with Crippen molar-refractivity contribution in [3.63, 3.8) is 0 Å². The maximum absolute atomic E-state index is 11.1. The zero-order valence-corrected chi connectivity index (χ0v) is 9.58. The molecule has 3 aromatic rings. The standard InChI is InChI=1S/C14H11N3O/c15-14(18)11-1-2-13-10(9-11)5-8-17(13)12-3-6-16-7-4-12/h1-9H,(H2,15,18). The molecule has 0 fully saturated rings. The Labute approximate surface area is 104 Å². The number of fused-ring (bicyclic) bond motifs is 1. The molecule has 0 spiro atoms. The van der Waals surface area contributed by atoms with Gasteiger partial charge >= 0.3 is 0 Å². The van der Waals surface area contributed by atoms with E-state index in [9.17, 15) is 4.79 Å². The van der Waals surface area contributed by atoms with Gasteiger partial charge < -0.3 is 10.3 Å². The van der Waals surface area contributed by atoms with Crippen molar-refractivity contribution in [2.45, 2.75) is 0 Å². The summed E-state index contributed by atoms with van der Waals surface area (Å²) in [6.07, 6.45) is 5.46. The number of carbonyl (C=O) groups is 1. The highest BCUT2D eigenvalue weighted by Crippen LogP contribution is 2.21. The number of hydrogen-bond acceptors (Lipinski definition) is 2. The third kappa shape index (κ3) is 1.64. The van der Waals surface area contributed by atoms with Crippen LogP contribution < -0.4 is 5.73 Å². The topological polar surface area (TPSA) is 60.9 Å². The summed E-state index contributed by atoms with van der Waals surface area (Å²) < 4.78 is 2.04. The van der Waals surface area contributed by atoms with Crippen LogP contribution in [-0.4, -0.2) is 15.5 Å². The van der Waals surface area contributed by atoms with Crippen LogP contribution in [0.5, 0.6) is 0 Å². The first-order valence-corrected chi connectivity index (χ1v) is 5.57. The SMILES string of the molecule is NC(=O)c1ccc2c(ccn2-c2ccncc2)c1. The van der Waals surface area contributed by atoms with Crippen LogP contribution in [0.3, 0.4) is 0 Å². The molecule has 2 heterocycles. The van der Waals surface area contributed by atoms with Gasteiger partial charge in [-0.1, -0.05) is 0 Å². The minimum absolute atomic E-state index is 0.409. The quantitative estimate of drug-likeness (QED) is 0.742. The number of amides is 1. The summed E-state index contributed by atoms with van der Waals surface area (Å²) >= 11 is 0. The largest absolute Gasteiger partial charge is 0.366 e. The summed E-state index contributed by atoms with van der Waals surface area (Å²) in [4.78, 5) is 15.1. The molecule has 0 saturated heterocycles. The maximum Gasteiger partial charge on any atom is 0.248 e. The molecule has 0 saturated carbocycles. The average Bonchev–Trinajstić information content (AvgIpc) is 2.82. The van der Waals surface area contributed by atoms with E-state index in [0.29, 0.717) is 5.56 Å². The minimum Gasteiger partial charge on any atom is -0.366 e. The number of benzene rings is 1. The van der Waals surface area contributed by atoms with E-state index in [-0.39, 0.29) is 0 Å². The van der Waals surface area contributed by atoms with E-state index in [1.807, 2.05) is 35.0 Å². The molecule has 0 unspecified atom stereocenters. The molecular weight excluding hydrogens is 226 g/mol. The van der Waals surface area contributed by atoms with Crippen LogP contribution in [0.2, 0.25) is 0 Å². The van der Waals surface area contributed by atoms with E-state index in [1.165, 1.54) is 0 Å². The Morgan fingerprint density at radius 2 is 1.89 bits per heavy atom. The third-order valence-electron chi connectivity index (χ3n) is 2.92. The van der Waals surface area contributed by atoms with Gasteiger partial charge in [-0.05, 0) is 36.4 Å². The third-order valence-corrected chi connectivity index (χ3v) is 2.92. The van der Waals surface area contributed by atoms with Crippen molar-refractivity contribution in [3.8, 4) is 5.69 Å². The highest BCUT2D eigenvalue weighted by molar-refractivity contribution is 5.97. The summed E-state index contributed by atoms with van der Waals surface area (Å²) in [6, 6.07) is 11.3. The Kier molecular flexibility index (Phi) is 2.34. The predicted molar refractivity (Wildman–Crippen MR) is 69.6 cm³/mol. The van der Waals surface area contributed by atoms with Crippen LogP contribution in [0.15, 0.2) is 55.0 Å². The molecule has 2 N–H and O–H groups in total. The van der Waals surface area contributed by atoms with Gasteiger partial charge in [0.05, 0.1) is 5.52 Å². The summed E-state index contributed by atoms with van der Waals surface area (Å²) in [5.74, 6) is -0.409. The van der Waals surface area contributed by atoms with E-state index in [2.05, 4.69) is 4.98 Å². The average molecular weight is 237 g/mol. The van der Waals surface area contributed by atoms with Gasteiger partial charge in [0.15, 0.2) is 0 Å². The molecule has 0 aliphatic heterocycles. The number of pyridine rings is 1. The molecule has 0 aliphatic carbocycles. The van der Waals surface area contributed by atoms with E-state index < -0.39 is 5.91 Å². The van der Waals surface area contributed by atoms with Crippen molar-refractivity contribution >= 4 is 16.8 Å². The molecule has 1 amide bonds. The molecule has 0 bridgehead atoms. The molecule has 4 heteroatoms. The lowest BCUT2D eigenvalue weighted by atomic mass is 10.1. The van der Waals surface area contributed by atoms with Crippen molar-refractivity contribution in [2.24, 2.45) is 5.73 Å². The Balaban J connectivity index is 2.19. The number of aromatic nitrogens is 2. The monoisotopic (exact) mass is 237 g/mol. The van der Waals surface area contributed by atoms with Gasteiger partial charge in [-0.2, -0.15) is 0 Å². The van der Waals surface area contributed by atoms with Crippen molar-refractivity contribution in [1.82, 2.24) is 9.55 Å². The first-order chi connectivity index (χ1) is 8.75. The first kappa shape index (κ1) is 10.5. The summed E-state index contributed by atoms with van der Waals surface area (Å²) in [5, 5.41) is 0.989. The molecule has 4 nitrogen and oxygen atoms in total. The molecule has 0 radical (unpaired) electrons. The van der Waals surface area contributed by atoms with Crippen molar-refractivity contribution < 1.29 is 4.79 Å². The predicted octanol–water partition coefficient (Wildman–Crippen LogP) is 2.12. The molecule has 2 aromatic heterocycles. The van der Waals surface area contributed by atoms with E-state index in [1.54, 1.807) is 24.5 Å². The highest BCUT2D eigenvalue weighted by Gasteiger charge is 2.06. The van der Waals surface area contributed by atoms with Crippen LogP contribution in [0, 0.1) is 0 Å². The van der Waals surface area contributed by atoms with Crippen LogP contribution in [0.25, 0.3) is 16.6 Å². The van der Waals surface area contributed by atoms with Gasteiger partial charge in [-0.15, -0.1) is 0 Å². The summed E-state index contributed by atoms with van der Waals surface area (Å²) in [7, 11) is 0. The minimum atomic E-state index is -0.409. The first-order valence-electron chi connectivity index (χ1n) is 5.57. The van der Waals surface area contributed by atoms with Crippen LogP contribution in [-0.2, 0) is 0 Å². The van der Waals surface area contributed by atoms with Crippen LogP contribution in [0.1, 0.15) is 10.4 Å². The van der Waals surface area contributed by atoms with Crippen molar-refractivity contribution in [1.29, 1.82) is 0 Å². The lowest BCUT2D eigenvalue weighted by Crippen LogP contribution is -2.10. The van der Waals surface area contributed by atoms with Gasteiger partial charge in [0.25, 0.3) is 0 Å². The fraction of sp³-hybridized carbons (Fsp3) is 0. The fourth-order valence-electron chi connectivity index (χ4n) is 2.03. The lowest BCUT2D eigenvalue weighted by molar-refractivity contribution is 0.100. The maximum atomic E-state index is 11.1. The summed E-state index contributed by atoms with van der Waals surface area (Å²) in [5.41, 5.74) is 7.86. The molecule has 88 valence electrons. The number of rotatable bonds is 2. The number of carbonyl (C=O) groups excluding carboxylic acids is 1. The Morgan fingerprint density at radius 3 is 2.61 bits per heavy atom. The van der Waals surface area contributed by atoms with Crippen LogP contribution in [0.4, 0.5) is 0 Å². The zero-order valence-electron chi connectivity index (χ0n) is 9.58. The normalized spacial score (nSPS) is 10.7. The second-order valence-electron chi connectivity index (χ2n) is 4.03. The number of nitrogens with zero attached hydrogens (tertiary/aromatic N) is 2. The van der Waals surface area contributed by atoms with Gasteiger partial charge in [0.1, 0.15) is 0 Å². The van der Waals surface area contributed by atoms with Gasteiger partial charge in [-0.3, -0.25) is 9.78 Å². The molecule has 0 atom stereocenters. The smallest absolute Gasteiger partial charge is 0.248 e. The number of hydrogen-bond donors (Lipinski definition) is 1. The zero-order chi connectivity index (χ0) is 12.5. The molecule has 18 heavy (non-hydrogen) atoms. The number of nitrogens with two attached hydrogens (primary N) is 1. The Morgan fingerprint density at radius 1 is 1.11 bits per heavy atom. The van der Waals surface area contributed by atoms with Gasteiger partial charge in [0, 0.05) is 35.2 Å². The van der Waals surface area contributed by atoms with E-state index in [4.69, 9.17) is 5.73 Å². The summed E-state index contributed by atoms with van der Waals surface area (Å²) in [6.45, 7) is 0. The van der Waals surface area contributed by atoms with Gasteiger partial charge in [-0.25, -0.2) is 0 Å². The van der Waals surface area contributed by atoms with E-state index in [0.717, 1.165) is 16.6 Å². The molecular formula is C14H11N3O. The fourth-order valence-corrected chi connectivity index (χ4v) is 2.03. The van der Waals surface area contributed by atoms with Crippen LogP contribution >= 0.6 is 0 Å². The molecule has 0 aliphatic rings. The Hall–Kier alpha value is -2.62. The lowest BCUT2D eigenvalue weighted by Gasteiger charge is -2.05. The second-order valence-corrected chi connectivity index (χ2v) is 4.03. The molecule has 3 rings (SSSR count). The Bertz CT molecular complexity index is 716. The van der Waals surface area contributed by atoms with E-state index >= 15 is 0 Å².